The second kappa shape index (κ2) is 13.4. The highest BCUT2D eigenvalue weighted by Gasteiger charge is 2.57. The third-order valence-electron chi connectivity index (χ3n) is 6.64. The van der Waals surface area contributed by atoms with Crippen molar-refractivity contribution in [3.8, 4) is 11.8 Å². The summed E-state index contributed by atoms with van der Waals surface area (Å²) in [4.78, 5) is 28.7. The van der Waals surface area contributed by atoms with Crippen molar-refractivity contribution in [1.29, 1.82) is 0 Å². The molecule has 0 aromatic heterocycles. The van der Waals surface area contributed by atoms with E-state index in [-0.39, 0.29) is 29.6 Å². The van der Waals surface area contributed by atoms with Gasteiger partial charge in [-0.1, -0.05) is 96.9 Å². The second-order valence-corrected chi connectivity index (χ2v) is 10.7. The third-order valence-corrected chi connectivity index (χ3v) is 6.64. The maximum absolute atomic E-state index is 14.0. The summed E-state index contributed by atoms with van der Waals surface area (Å²) < 4.78 is 11.4. The molecule has 0 bridgehead atoms. The average Bonchev–Trinajstić information content (AvgIpc) is 3.00. The summed E-state index contributed by atoms with van der Waals surface area (Å²) in [5.41, 5.74) is 0.516. The Kier molecular flexibility index (Phi) is 9.67. The van der Waals surface area contributed by atoms with Crippen LogP contribution < -0.4 is 0 Å². The van der Waals surface area contributed by atoms with Crippen molar-refractivity contribution in [2.45, 2.75) is 64.5 Å². The number of Topliss-reactive ketones (excluding diaryl/α,β-unsaturated/α-hetero) is 1. The van der Waals surface area contributed by atoms with Crippen molar-refractivity contribution in [2.75, 3.05) is 0 Å². The van der Waals surface area contributed by atoms with Gasteiger partial charge in [-0.05, 0) is 63.3 Å². The van der Waals surface area contributed by atoms with Crippen LogP contribution in [0.15, 0.2) is 109 Å². The SMILES string of the molecule is CC(C)OC1=C(OC(C)C)C(O)(C#CC(C)N(C(=O)/C=C/c2ccccc2)C(c2ccccc2)c2ccccc2)C1=O. The Morgan fingerprint density at radius 1 is 0.810 bits per heavy atom. The van der Waals surface area contributed by atoms with E-state index < -0.39 is 23.5 Å². The molecule has 3 aromatic rings. The highest BCUT2D eigenvalue weighted by Crippen LogP contribution is 2.38. The number of nitrogens with zero attached hydrogens (tertiary/aromatic N) is 1. The van der Waals surface area contributed by atoms with Crippen LogP contribution in [0.3, 0.4) is 0 Å². The van der Waals surface area contributed by atoms with Crippen LogP contribution in [-0.2, 0) is 19.1 Å². The Morgan fingerprint density at radius 2 is 1.31 bits per heavy atom. The lowest BCUT2D eigenvalue weighted by molar-refractivity contribution is -0.143. The van der Waals surface area contributed by atoms with Crippen molar-refractivity contribution >= 4 is 17.8 Å². The molecule has 1 amide bonds. The predicted octanol–water partition coefficient (Wildman–Crippen LogP) is 6.09. The maximum Gasteiger partial charge on any atom is 0.254 e. The highest BCUT2D eigenvalue weighted by molar-refractivity contribution is 6.12. The molecule has 42 heavy (non-hydrogen) atoms. The van der Waals surface area contributed by atoms with E-state index >= 15 is 0 Å². The molecule has 0 saturated heterocycles. The van der Waals surface area contributed by atoms with Crippen LogP contribution in [-0.4, -0.2) is 45.5 Å². The molecular weight excluding hydrogens is 526 g/mol. The largest absolute Gasteiger partial charge is 0.487 e. The third kappa shape index (κ3) is 6.82. The van der Waals surface area contributed by atoms with Gasteiger partial charge in [-0.3, -0.25) is 9.59 Å². The van der Waals surface area contributed by atoms with Crippen LogP contribution in [0, 0.1) is 11.8 Å². The number of aliphatic hydroxyl groups is 1. The van der Waals surface area contributed by atoms with Crippen molar-refractivity contribution in [3.63, 3.8) is 0 Å². The van der Waals surface area contributed by atoms with Gasteiger partial charge in [0.2, 0.25) is 11.7 Å². The molecule has 2 unspecified atom stereocenters. The number of carbonyl (C=O) groups excluding carboxylic acids is 2. The molecule has 0 heterocycles. The Morgan fingerprint density at radius 3 is 1.81 bits per heavy atom. The van der Waals surface area contributed by atoms with Crippen molar-refractivity contribution in [2.24, 2.45) is 0 Å². The van der Waals surface area contributed by atoms with Gasteiger partial charge in [-0.25, -0.2) is 0 Å². The molecule has 4 rings (SSSR count). The fourth-order valence-corrected chi connectivity index (χ4v) is 4.73. The van der Waals surface area contributed by atoms with Crippen LogP contribution in [0.4, 0.5) is 0 Å². The molecule has 1 aliphatic carbocycles. The number of hydrogen-bond donors (Lipinski definition) is 1. The van der Waals surface area contributed by atoms with E-state index in [9.17, 15) is 14.7 Å². The summed E-state index contributed by atoms with van der Waals surface area (Å²) in [6.45, 7) is 8.95. The van der Waals surface area contributed by atoms with E-state index in [1.807, 2.05) is 91.0 Å². The topological polar surface area (TPSA) is 76.1 Å². The van der Waals surface area contributed by atoms with E-state index in [0.29, 0.717) is 0 Å². The first-order valence-electron chi connectivity index (χ1n) is 14.1. The van der Waals surface area contributed by atoms with Gasteiger partial charge >= 0.3 is 0 Å². The van der Waals surface area contributed by atoms with Crippen LogP contribution in [0.2, 0.25) is 0 Å². The van der Waals surface area contributed by atoms with Gasteiger partial charge in [-0.2, -0.15) is 0 Å². The van der Waals surface area contributed by atoms with Crippen molar-refractivity contribution in [1.82, 2.24) is 4.90 Å². The zero-order chi connectivity index (χ0) is 30.3. The lowest BCUT2D eigenvalue weighted by atomic mass is 9.83. The number of ketones is 1. The molecule has 1 N–H and O–H groups in total. The number of ether oxygens (including phenoxy) is 2. The molecular formula is C36H37NO5. The zero-order valence-corrected chi connectivity index (χ0v) is 24.7. The van der Waals surface area contributed by atoms with Gasteiger partial charge in [0.25, 0.3) is 11.4 Å². The van der Waals surface area contributed by atoms with Gasteiger partial charge in [-0.15, -0.1) is 0 Å². The van der Waals surface area contributed by atoms with Gasteiger partial charge in [0, 0.05) is 6.08 Å². The number of benzene rings is 3. The lowest BCUT2D eigenvalue weighted by Gasteiger charge is -2.37. The summed E-state index contributed by atoms with van der Waals surface area (Å²) in [5.74, 6) is 4.81. The number of rotatable bonds is 10. The molecule has 0 fully saturated rings. The Hall–Kier alpha value is -4.60. The summed E-state index contributed by atoms with van der Waals surface area (Å²) in [7, 11) is 0. The average molecular weight is 564 g/mol. The maximum atomic E-state index is 14.0. The van der Waals surface area contributed by atoms with Crippen molar-refractivity contribution < 1.29 is 24.2 Å². The smallest absolute Gasteiger partial charge is 0.254 e. The van der Waals surface area contributed by atoms with Gasteiger partial charge < -0.3 is 19.5 Å². The molecule has 2 atom stereocenters. The minimum absolute atomic E-state index is 0.000388. The lowest BCUT2D eigenvalue weighted by Crippen LogP contribution is -2.52. The molecule has 0 spiro atoms. The molecule has 0 saturated carbocycles. The first kappa shape index (κ1) is 30.4. The van der Waals surface area contributed by atoms with Crippen LogP contribution in [0.25, 0.3) is 6.08 Å². The van der Waals surface area contributed by atoms with Crippen molar-refractivity contribution in [3.05, 3.63) is 125 Å². The first-order valence-corrected chi connectivity index (χ1v) is 14.1. The number of amides is 1. The fraction of sp³-hybridized carbons (Fsp3) is 0.278. The molecule has 216 valence electrons. The number of carbonyl (C=O) groups is 2. The van der Waals surface area contributed by atoms with E-state index in [4.69, 9.17) is 9.47 Å². The standard InChI is InChI=1S/C36H37NO5/c1-25(2)41-33-34(39)36(40,35(33)42-26(3)4)24-23-27(5)37(31(38)22-21-28-15-9-6-10-16-28)32(29-17-11-7-12-18-29)30-19-13-8-14-20-30/h6-22,25-27,32,40H,1-5H3/b22-21+. The Labute approximate surface area is 248 Å². The molecule has 0 aliphatic heterocycles. The molecule has 0 radical (unpaired) electrons. The minimum Gasteiger partial charge on any atom is -0.487 e. The summed E-state index contributed by atoms with van der Waals surface area (Å²) in [5, 5.41) is 11.4. The first-order chi connectivity index (χ1) is 20.1. The van der Waals surface area contributed by atoms with Gasteiger partial charge in [0.05, 0.1) is 24.3 Å². The minimum atomic E-state index is -2.16. The van der Waals surface area contributed by atoms with E-state index in [1.54, 1.807) is 45.6 Å². The van der Waals surface area contributed by atoms with Gasteiger partial charge in [0.1, 0.15) is 0 Å². The normalized spacial score (nSPS) is 17.2. The number of hydrogen-bond acceptors (Lipinski definition) is 5. The quantitative estimate of drug-likeness (QED) is 0.239. The monoisotopic (exact) mass is 563 g/mol. The van der Waals surface area contributed by atoms with Crippen LogP contribution >= 0.6 is 0 Å². The summed E-state index contributed by atoms with van der Waals surface area (Å²) in [6.07, 6.45) is 2.69. The van der Waals surface area contributed by atoms with Crippen LogP contribution in [0.1, 0.15) is 57.4 Å². The fourth-order valence-electron chi connectivity index (χ4n) is 4.73. The molecule has 6 heteroatoms. The highest BCUT2D eigenvalue weighted by atomic mass is 16.5. The van der Waals surface area contributed by atoms with Crippen LogP contribution in [0.5, 0.6) is 0 Å². The predicted molar refractivity (Wildman–Crippen MR) is 164 cm³/mol. The Bertz CT molecular complexity index is 1460. The zero-order valence-electron chi connectivity index (χ0n) is 24.7. The van der Waals surface area contributed by atoms with E-state index in [0.717, 1.165) is 16.7 Å². The van der Waals surface area contributed by atoms with E-state index in [2.05, 4.69) is 11.8 Å². The Balaban J connectivity index is 1.78. The second-order valence-electron chi connectivity index (χ2n) is 10.7. The van der Waals surface area contributed by atoms with E-state index in [1.165, 1.54) is 6.08 Å². The molecule has 1 aliphatic rings. The molecule has 3 aromatic carbocycles. The van der Waals surface area contributed by atoms with Gasteiger partial charge in [0.15, 0.2) is 5.76 Å². The summed E-state index contributed by atoms with van der Waals surface area (Å²) >= 11 is 0. The molecule has 6 nitrogen and oxygen atoms in total. The summed E-state index contributed by atoms with van der Waals surface area (Å²) in [6, 6.07) is 27.8.